The highest BCUT2D eigenvalue weighted by molar-refractivity contribution is 9.09. The predicted octanol–water partition coefficient (Wildman–Crippen LogP) is 3.87. The molecule has 0 radical (unpaired) electrons. The van der Waals surface area contributed by atoms with Gasteiger partial charge in [-0.2, -0.15) is 0 Å². The largest absolute Gasteiger partial charge is 0.439 e. The van der Waals surface area contributed by atoms with Crippen LogP contribution in [0.15, 0.2) is 60.7 Å². The minimum Gasteiger partial charge on any atom is -0.439 e. The zero-order chi connectivity index (χ0) is 23.1. The van der Waals surface area contributed by atoms with Gasteiger partial charge in [-0.25, -0.2) is 4.79 Å². The van der Waals surface area contributed by atoms with Gasteiger partial charge >= 0.3 is 6.09 Å². The van der Waals surface area contributed by atoms with Gasteiger partial charge in [0.2, 0.25) is 6.54 Å². The lowest BCUT2D eigenvalue weighted by atomic mass is 9.60. The van der Waals surface area contributed by atoms with Crippen LogP contribution in [0, 0.1) is 10.1 Å². The molecule has 2 aromatic rings. The number of rotatable bonds is 7. The Balaban J connectivity index is 1.80. The number of alkyl halides is 1. The third-order valence-electron chi connectivity index (χ3n) is 6.57. The Hall–Kier alpha value is -2.49. The molecule has 32 heavy (non-hydrogen) atoms. The fourth-order valence-electron chi connectivity index (χ4n) is 4.99. The molecule has 0 bridgehead atoms. The van der Waals surface area contributed by atoms with E-state index in [9.17, 15) is 20.0 Å². The number of ether oxygens (including phenoxy) is 2. The van der Waals surface area contributed by atoms with E-state index >= 15 is 0 Å². The van der Waals surface area contributed by atoms with Gasteiger partial charge in [-0.15, -0.1) is 0 Å². The summed E-state index contributed by atoms with van der Waals surface area (Å²) >= 11 is 3.45. The second-order valence-electron chi connectivity index (χ2n) is 8.28. The van der Waals surface area contributed by atoms with E-state index in [1.54, 1.807) is 18.7 Å². The smallest absolute Gasteiger partial charge is 0.411 e. The van der Waals surface area contributed by atoms with Gasteiger partial charge in [-0.3, -0.25) is 15.0 Å². The number of amides is 1. The third kappa shape index (κ3) is 3.39. The Morgan fingerprint density at radius 3 is 2.25 bits per heavy atom. The molecule has 0 aromatic heterocycles. The van der Waals surface area contributed by atoms with Gasteiger partial charge in [0.25, 0.3) is 0 Å². The van der Waals surface area contributed by atoms with Gasteiger partial charge in [-0.05, 0) is 25.0 Å². The quantitative estimate of drug-likeness (QED) is 0.348. The highest BCUT2D eigenvalue weighted by Gasteiger charge is 2.76. The summed E-state index contributed by atoms with van der Waals surface area (Å²) in [6.45, 7) is 2.87. The molecule has 1 unspecified atom stereocenters. The molecule has 1 N–H and O–H groups in total. The molecule has 0 spiro atoms. The van der Waals surface area contributed by atoms with Crippen molar-refractivity contribution in [2.24, 2.45) is 0 Å². The van der Waals surface area contributed by atoms with Crippen molar-refractivity contribution < 1.29 is 24.3 Å². The minimum atomic E-state index is -1.80. The summed E-state index contributed by atoms with van der Waals surface area (Å²) < 4.78 is 11.8. The van der Waals surface area contributed by atoms with Crippen LogP contribution in [0.1, 0.15) is 37.1 Å². The van der Waals surface area contributed by atoms with Gasteiger partial charge in [0.1, 0.15) is 11.6 Å². The van der Waals surface area contributed by atoms with Gasteiger partial charge < -0.3 is 14.6 Å². The highest BCUT2D eigenvalue weighted by atomic mass is 79.9. The molecule has 1 aliphatic heterocycles. The van der Waals surface area contributed by atoms with Crippen molar-refractivity contribution in [3.8, 4) is 0 Å². The number of carbonyl (C=O) groups is 1. The first-order chi connectivity index (χ1) is 15.2. The molecular formula is C23H25BrN2O6. The lowest BCUT2D eigenvalue weighted by Gasteiger charge is -2.62. The Labute approximate surface area is 194 Å². The Morgan fingerprint density at radius 2 is 1.72 bits per heavy atom. The first-order valence-electron chi connectivity index (χ1n) is 10.5. The molecular weight excluding hydrogens is 480 g/mol. The van der Waals surface area contributed by atoms with E-state index < -0.39 is 51.8 Å². The zero-order valence-electron chi connectivity index (χ0n) is 17.8. The number of halogens is 1. The fraction of sp³-hybridized carbons (Fsp3) is 0.435. The summed E-state index contributed by atoms with van der Waals surface area (Å²) in [5.74, 6) is 0. The summed E-state index contributed by atoms with van der Waals surface area (Å²) in [5, 5.41) is 22.6. The molecule has 2 fully saturated rings. The molecule has 1 amide bonds. The molecule has 8 nitrogen and oxygen atoms in total. The van der Waals surface area contributed by atoms with E-state index in [-0.39, 0.29) is 6.61 Å². The number of cyclic esters (lactones) is 1. The Kier molecular flexibility index (Phi) is 6.00. The van der Waals surface area contributed by atoms with Crippen molar-refractivity contribution in [3.63, 3.8) is 0 Å². The predicted molar refractivity (Wildman–Crippen MR) is 120 cm³/mol. The van der Waals surface area contributed by atoms with Crippen LogP contribution in [0.4, 0.5) is 4.79 Å². The Bertz CT molecular complexity index is 992. The van der Waals surface area contributed by atoms with Gasteiger partial charge in [-0.1, -0.05) is 76.6 Å². The SMILES string of the molecule is CCO[C@@]1(C)[C@H](N2C(=O)O[C@@H](c3ccccc3)[C@H]2c2ccccc2)[C@H](Br)C1(O)C[N+](=O)[O-]. The number of nitrogens with zero attached hydrogens (tertiary/aromatic N) is 2. The molecule has 2 aliphatic rings. The van der Waals surface area contributed by atoms with Crippen LogP contribution in [-0.2, 0) is 9.47 Å². The van der Waals surface area contributed by atoms with Crippen LogP contribution in [-0.4, -0.2) is 56.2 Å². The van der Waals surface area contributed by atoms with Crippen LogP contribution in [0.3, 0.4) is 0 Å². The summed E-state index contributed by atoms with van der Waals surface area (Å²) in [7, 11) is 0. The van der Waals surface area contributed by atoms with Crippen molar-refractivity contribution in [2.45, 2.75) is 48.1 Å². The second kappa shape index (κ2) is 8.46. The van der Waals surface area contributed by atoms with Crippen LogP contribution in [0.25, 0.3) is 0 Å². The molecule has 1 heterocycles. The standard InChI is InChI=1S/C23H25BrN2O6/c1-3-31-22(2)20(19(24)23(22,28)14-25(29)30)26-17(15-10-6-4-7-11-15)18(32-21(26)27)16-12-8-5-9-13-16/h4-13,17-20,28H,3,14H2,1-2H3/t17-,18+,19+,20-,22+,23?/m1/s1. The zero-order valence-corrected chi connectivity index (χ0v) is 19.3. The second-order valence-corrected chi connectivity index (χ2v) is 9.27. The normalized spacial score (nSPS) is 34.1. The fourth-order valence-corrected chi connectivity index (χ4v) is 6.35. The minimum absolute atomic E-state index is 0.216. The van der Waals surface area contributed by atoms with Crippen molar-refractivity contribution in [1.82, 2.24) is 4.90 Å². The Morgan fingerprint density at radius 1 is 1.16 bits per heavy atom. The lowest BCUT2D eigenvalue weighted by Crippen LogP contribution is -2.85. The molecule has 9 heteroatoms. The van der Waals surface area contributed by atoms with Crippen LogP contribution >= 0.6 is 15.9 Å². The number of carbonyl (C=O) groups excluding carboxylic acids is 1. The highest BCUT2D eigenvalue weighted by Crippen LogP contribution is 2.57. The molecule has 2 aromatic carbocycles. The maximum atomic E-state index is 13.3. The van der Waals surface area contributed by atoms with Crippen molar-refractivity contribution >= 4 is 22.0 Å². The average molecular weight is 505 g/mol. The molecule has 1 saturated carbocycles. The van der Waals surface area contributed by atoms with Crippen molar-refractivity contribution in [2.75, 3.05) is 13.2 Å². The van der Waals surface area contributed by atoms with Crippen LogP contribution < -0.4 is 0 Å². The summed E-state index contributed by atoms with van der Waals surface area (Å²) in [6, 6.07) is 17.7. The number of aliphatic hydroxyl groups is 1. The number of nitro groups is 1. The van der Waals surface area contributed by atoms with Crippen LogP contribution in [0.2, 0.25) is 0 Å². The van der Waals surface area contributed by atoms with Crippen molar-refractivity contribution in [3.05, 3.63) is 81.9 Å². The average Bonchev–Trinajstić information content (AvgIpc) is 3.11. The topological polar surface area (TPSA) is 102 Å². The lowest BCUT2D eigenvalue weighted by molar-refractivity contribution is -0.517. The molecule has 170 valence electrons. The molecule has 1 aliphatic carbocycles. The number of hydrogen-bond donors (Lipinski definition) is 1. The van der Waals surface area contributed by atoms with Gasteiger partial charge in [0, 0.05) is 11.5 Å². The first-order valence-corrected chi connectivity index (χ1v) is 11.4. The van der Waals surface area contributed by atoms with E-state index in [0.29, 0.717) is 0 Å². The van der Waals surface area contributed by atoms with E-state index in [2.05, 4.69) is 15.9 Å². The summed E-state index contributed by atoms with van der Waals surface area (Å²) in [4.78, 5) is 24.8. The number of benzene rings is 2. The summed E-state index contributed by atoms with van der Waals surface area (Å²) in [6.07, 6.45) is -1.14. The first kappa shape index (κ1) is 22.7. The monoisotopic (exact) mass is 504 g/mol. The molecule has 4 rings (SSSR count). The van der Waals surface area contributed by atoms with Gasteiger partial charge in [0.05, 0.1) is 10.9 Å². The van der Waals surface area contributed by atoms with Crippen LogP contribution in [0.5, 0.6) is 0 Å². The molecule has 1 saturated heterocycles. The van der Waals surface area contributed by atoms with E-state index in [1.165, 1.54) is 0 Å². The van der Waals surface area contributed by atoms with E-state index in [4.69, 9.17) is 9.47 Å². The number of hydrogen-bond acceptors (Lipinski definition) is 6. The van der Waals surface area contributed by atoms with Gasteiger partial charge in [0.15, 0.2) is 11.7 Å². The maximum absolute atomic E-state index is 13.3. The van der Waals surface area contributed by atoms with E-state index in [0.717, 1.165) is 11.1 Å². The van der Waals surface area contributed by atoms with Crippen molar-refractivity contribution in [1.29, 1.82) is 0 Å². The molecule has 6 atom stereocenters. The van der Waals surface area contributed by atoms with E-state index in [1.807, 2.05) is 60.7 Å². The third-order valence-corrected chi connectivity index (χ3v) is 7.82. The maximum Gasteiger partial charge on any atom is 0.411 e. The summed E-state index contributed by atoms with van der Waals surface area (Å²) in [5.41, 5.74) is -1.48.